The van der Waals surface area contributed by atoms with E-state index in [0.717, 1.165) is 5.69 Å². The Balaban J connectivity index is 2.01. The van der Waals surface area contributed by atoms with Crippen LogP contribution in [0.1, 0.15) is 16.6 Å². The molecule has 0 fully saturated rings. The molecule has 3 aromatic rings. The fourth-order valence-corrected chi connectivity index (χ4v) is 4.67. The lowest BCUT2D eigenvalue weighted by molar-refractivity contribution is -0.479. The van der Waals surface area contributed by atoms with E-state index in [1.54, 1.807) is 12.1 Å². The molecule has 0 saturated heterocycles. The first kappa shape index (κ1) is 22.7. The molecule has 31 heavy (non-hydrogen) atoms. The van der Waals surface area contributed by atoms with E-state index in [2.05, 4.69) is 32.0 Å². The first-order valence-corrected chi connectivity index (χ1v) is 10.8. The average Bonchev–Trinajstić information content (AvgIpc) is 3.12. The molecule has 0 amide bonds. The third-order valence-corrected chi connectivity index (χ3v) is 6.07. The number of halogens is 1. The second-order valence-corrected chi connectivity index (χ2v) is 8.37. The van der Waals surface area contributed by atoms with Gasteiger partial charge < -0.3 is 9.47 Å². The van der Waals surface area contributed by atoms with E-state index in [-0.39, 0.29) is 18.1 Å². The van der Waals surface area contributed by atoms with Gasteiger partial charge in [0.25, 0.3) is 0 Å². The van der Waals surface area contributed by atoms with Crippen LogP contribution in [-0.2, 0) is 0 Å². The summed E-state index contributed by atoms with van der Waals surface area (Å²) in [4.78, 5) is 11.1. The Hall–Kier alpha value is -3.03. The Labute approximate surface area is 192 Å². The van der Waals surface area contributed by atoms with E-state index in [4.69, 9.17) is 15.9 Å². The Morgan fingerprint density at radius 1 is 1.32 bits per heavy atom. The van der Waals surface area contributed by atoms with Gasteiger partial charge in [0.1, 0.15) is 17.7 Å². The lowest BCUT2D eigenvalue weighted by Crippen LogP contribution is -2.12. The van der Waals surface area contributed by atoms with Gasteiger partial charge in [-0.1, -0.05) is 35.9 Å². The highest BCUT2D eigenvalue weighted by atomic mass is 79.9. The number of rotatable bonds is 9. The maximum Gasteiger partial charge on any atom is 0.220 e. The third-order valence-electron chi connectivity index (χ3n) is 4.30. The summed E-state index contributed by atoms with van der Waals surface area (Å²) in [5.74, 6) is 3.96. The minimum atomic E-state index is -0.548. The van der Waals surface area contributed by atoms with Crippen molar-refractivity contribution in [2.24, 2.45) is 0 Å². The van der Waals surface area contributed by atoms with E-state index in [9.17, 15) is 10.1 Å². The molecule has 3 rings (SSSR count). The van der Waals surface area contributed by atoms with Crippen LogP contribution in [0.15, 0.2) is 52.1 Å². The molecule has 0 aliphatic heterocycles. The largest absolute Gasteiger partial charge is 0.493 e. The molecular weight excluding hydrogens is 484 g/mol. The highest BCUT2D eigenvalue weighted by Crippen LogP contribution is 2.43. The molecule has 0 bridgehead atoms. The van der Waals surface area contributed by atoms with Gasteiger partial charge in [0.05, 0.1) is 11.6 Å². The number of aromatic nitrogens is 3. The zero-order valence-corrected chi connectivity index (χ0v) is 19.2. The fraction of sp³-hybridized carbons (Fsp3) is 0.238. The molecule has 0 aliphatic rings. The summed E-state index contributed by atoms with van der Waals surface area (Å²) >= 11 is 4.72. The van der Waals surface area contributed by atoms with Crippen LogP contribution < -0.4 is 9.47 Å². The molecule has 0 N–H and O–H groups in total. The molecule has 1 aromatic heterocycles. The average molecular weight is 503 g/mol. The Morgan fingerprint density at radius 3 is 2.71 bits per heavy atom. The van der Waals surface area contributed by atoms with E-state index >= 15 is 0 Å². The van der Waals surface area contributed by atoms with Crippen molar-refractivity contribution in [1.29, 1.82) is 0 Å². The van der Waals surface area contributed by atoms with Gasteiger partial charge in [0.15, 0.2) is 16.7 Å². The molecular formula is C21H19BrN4O4S. The number of benzene rings is 2. The first-order chi connectivity index (χ1) is 14.9. The number of hydrogen-bond donors (Lipinski definition) is 0. The van der Waals surface area contributed by atoms with Crippen molar-refractivity contribution >= 4 is 27.7 Å². The summed E-state index contributed by atoms with van der Waals surface area (Å²) in [6, 6.07) is 13.1. The van der Waals surface area contributed by atoms with Gasteiger partial charge in [-0.15, -0.1) is 16.6 Å². The number of ether oxygens (including phenoxy) is 2. The van der Waals surface area contributed by atoms with E-state index < -0.39 is 5.25 Å². The second-order valence-electron chi connectivity index (χ2n) is 6.35. The lowest BCUT2D eigenvalue weighted by Gasteiger charge is -2.17. The first-order valence-electron chi connectivity index (χ1n) is 9.14. The number of nitro groups is 1. The molecule has 0 unspecified atom stereocenters. The number of nitrogens with zero attached hydrogens (tertiary/aromatic N) is 4. The molecule has 10 heteroatoms. The summed E-state index contributed by atoms with van der Waals surface area (Å²) in [5.41, 5.74) is 1.56. The number of hydrogen-bond acceptors (Lipinski definition) is 7. The molecule has 0 radical (unpaired) electrons. The number of methoxy groups -OCH3 is 1. The number of terminal acetylenes is 1. The molecule has 2 aromatic carbocycles. The van der Waals surface area contributed by atoms with Crippen LogP contribution in [0.3, 0.4) is 0 Å². The standard InChI is InChI=1S/C21H19BrN4O4S/c1-4-10-30-20-17(22)11-15(12-18(20)29-3)19(13-25(27)28)31-21-24-23-14(2)26(21)16-8-6-5-7-9-16/h1,5-9,11-12,19H,10,13H2,2-3H3/t19-/m1/s1. The Morgan fingerprint density at radius 2 is 2.06 bits per heavy atom. The molecule has 160 valence electrons. The van der Waals surface area contributed by atoms with Gasteiger partial charge in [-0.3, -0.25) is 14.7 Å². The third kappa shape index (κ3) is 5.37. The van der Waals surface area contributed by atoms with Crippen molar-refractivity contribution in [3.63, 3.8) is 0 Å². The smallest absolute Gasteiger partial charge is 0.220 e. The summed E-state index contributed by atoms with van der Waals surface area (Å²) in [5, 5.41) is 19.9. The van der Waals surface area contributed by atoms with E-state index in [1.165, 1.54) is 18.9 Å². The molecule has 8 nitrogen and oxygen atoms in total. The SMILES string of the molecule is C#CCOc1c(Br)cc([C@@H](C[N+](=O)[O-])Sc2nnc(C)n2-c2ccccc2)cc1OC. The van der Waals surface area contributed by atoms with E-state index in [0.29, 0.717) is 32.5 Å². The maximum atomic E-state index is 11.4. The summed E-state index contributed by atoms with van der Waals surface area (Å²) in [6.07, 6.45) is 5.28. The van der Waals surface area contributed by atoms with Crippen molar-refractivity contribution in [1.82, 2.24) is 14.8 Å². The van der Waals surface area contributed by atoms with Crippen LogP contribution >= 0.6 is 27.7 Å². The van der Waals surface area contributed by atoms with Crippen LogP contribution in [0, 0.1) is 29.4 Å². The van der Waals surface area contributed by atoms with Gasteiger partial charge in [-0.25, -0.2) is 0 Å². The highest BCUT2D eigenvalue weighted by Gasteiger charge is 2.26. The molecule has 1 atom stereocenters. The van der Waals surface area contributed by atoms with Crippen LogP contribution in [0.25, 0.3) is 5.69 Å². The van der Waals surface area contributed by atoms with Gasteiger partial charge in [-0.2, -0.15) is 0 Å². The molecule has 0 aliphatic carbocycles. The van der Waals surface area contributed by atoms with Crippen molar-refractivity contribution in [2.45, 2.75) is 17.3 Å². The second kappa shape index (κ2) is 10.3. The zero-order chi connectivity index (χ0) is 22.4. The van der Waals surface area contributed by atoms with Gasteiger partial charge in [0.2, 0.25) is 6.54 Å². The zero-order valence-electron chi connectivity index (χ0n) is 16.8. The fourth-order valence-electron chi connectivity index (χ4n) is 2.95. The predicted molar refractivity (Wildman–Crippen MR) is 122 cm³/mol. The number of aryl methyl sites for hydroxylation is 1. The van der Waals surface area contributed by atoms with E-state index in [1.807, 2.05) is 41.8 Å². The van der Waals surface area contributed by atoms with Crippen LogP contribution in [0.4, 0.5) is 0 Å². The molecule has 0 spiro atoms. The van der Waals surface area contributed by atoms with Gasteiger partial charge in [-0.05, 0) is 52.7 Å². The normalized spacial score (nSPS) is 11.5. The Bertz CT molecular complexity index is 1110. The quantitative estimate of drug-likeness (QED) is 0.184. The van der Waals surface area contributed by atoms with Crippen LogP contribution in [0.5, 0.6) is 11.5 Å². The minimum Gasteiger partial charge on any atom is -0.493 e. The van der Waals surface area contributed by atoms with Crippen LogP contribution in [-0.4, -0.2) is 39.9 Å². The predicted octanol–water partition coefficient (Wildman–Crippen LogP) is 4.47. The summed E-state index contributed by atoms with van der Waals surface area (Å²) in [6.45, 7) is 1.59. The van der Waals surface area contributed by atoms with Gasteiger partial charge in [0, 0.05) is 10.6 Å². The number of para-hydroxylation sites is 1. The Kier molecular flexibility index (Phi) is 7.55. The highest BCUT2D eigenvalue weighted by molar-refractivity contribution is 9.10. The van der Waals surface area contributed by atoms with Crippen LogP contribution in [0.2, 0.25) is 0 Å². The van der Waals surface area contributed by atoms with Gasteiger partial charge >= 0.3 is 0 Å². The van der Waals surface area contributed by atoms with Crippen molar-refractivity contribution in [3.05, 3.63) is 68.4 Å². The van der Waals surface area contributed by atoms with Crippen molar-refractivity contribution in [3.8, 4) is 29.5 Å². The molecule has 1 heterocycles. The molecule has 0 saturated carbocycles. The number of thioether (sulfide) groups is 1. The topological polar surface area (TPSA) is 92.3 Å². The minimum absolute atomic E-state index is 0.0703. The summed E-state index contributed by atoms with van der Waals surface area (Å²) in [7, 11) is 1.50. The van der Waals surface area contributed by atoms with Crippen molar-refractivity contribution in [2.75, 3.05) is 20.3 Å². The monoisotopic (exact) mass is 502 g/mol. The van der Waals surface area contributed by atoms with Crippen molar-refractivity contribution < 1.29 is 14.4 Å². The maximum absolute atomic E-state index is 11.4. The summed E-state index contributed by atoms with van der Waals surface area (Å²) < 4.78 is 13.4. The lowest BCUT2D eigenvalue weighted by atomic mass is 10.1.